The zero-order chi connectivity index (χ0) is 12.4. The first kappa shape index (κ1) is 12.6. The molecule has 2 aliphatic rings. The van der Waals surface area contributed by atoms with Gasteiger partial charge < -0.3 is 5.32 Å². The quantitative estimate of drug-likeness (QED) is 0.850. The van der Waals surface area contributed by atoms with E-state index in [1.54, 1.807) is 11.3 Å². The zero-order valence-electron chi connectivity index (χ0n) is 11.3. The summed E-state index contributed by atoms with van der Waals surface area (Å²) in [7, 11) is 0. The summed E-state index contributed by atoms with van der Waals surface area (Å²) in [6.07, 6.45) is 9.76. The number of nitrogens with one attached hydrogen (secondary N) is 1. The van der Waals surface area contributed by atoms with Crippen LogP contribution in [0, 0.1) is 18.8 Å². The van der Waals surface area contributed by atoms with Gasteiger partial charge in [-0.2, -0.15) is 0 Å². The summed E-state index contributed by atoms with van der Waals surface area (Å²) >= 11 is 1.79. The van der Waals surface area contributed by atoms with E-state index in [0.717, 1.165) is 17.9 Å². The fourth-order valence-electron chi connectivity index (χ4n) is 3.21. The molecule has 1 aromatic heterocycles. The lowest BCUT2D eigenvalue weighted by Gasteiger charge is -2.23. The van der Waals surface area contributed by atoms with Crippen molar-refractivity contribution in [1.29, 1.82) is 0 Å². The number of thiazole rings is 1. The molecule has 0 bridgehead atoms. The summed E-state index contributed by atoms with van der Waals surface area (Å²) in [6, 6.07) is 0.839. The van der Waals surface area contributed by atoms with E-state index < -0.39 is 0 Å². The average molecular weight is 264 g/mol. The van der Waals surface area contributed by atoms with Crippen LogP contribution < -0.4 is 5.32 Å². The van der Waals surface area contributed by atoms with Crippen LogP contribution in [0.5, 0.6) is 0 Å². The second-order valence-corrected chi connectivity index (χ2v) is 7.11. The third-order valence-corrected chi connectivity index (χ3v) is 5.27. The molecule has 0 amide bonds. The highest BCUT2D eigenvalue weighted by Crippen LogP contribution is 2.33. The average Bonchev–Trinajstić information content (AvgIpc) is 2.86. The van der Waals surface area contributed by atoms with Crippen molar-refractivity contribution in [1.82, 2.24) is 10.3 Å². The standard InChI is InChI=1S/C15H24N2S/c1-11-17-15(10-18-11)8-13(9-16-14-6-7-14)12-4-2-3-5-12/h10,12-14,16H,2-9H2,1H3. The van der Waals surface area contributed by atoms with Gasteiger partial charge in [-0.25, -0.2) is 4.98 Å². The zero-order valence-corrected chi connectivity index (χ0v) is 12.1. The highest BCUT2D eigenvalue weighted by Gasteiger charge is 2.28. The Bertz CT molecular complexity index is 378. The van der Waals surface area contributed by atoms with Crippen LogP contribution in [0.3, 0.4) is 0 Å². The van der Waals surface area contributed by atoms with E-state index in [2.05, 4.69) is 22.6 Å². The van der Waals surface area contributed by atoms with Gasteiger partial charge in [0.05, 0.1) is 10.7 Å². The van der Waals surface area contributed by atoms with Crippen LogP contribution in [0.2, 0.25) is 0 Å². The van der Waals surface area contributed by atoms with Crippen LogP contribution in [0.15, 0.2) is 5.38 Å². The molecule has 0 spiro atoms. The van der Waals surface area contributed by atoms with Crippen LogP contribution in [0.25, 0.3) is 0 Å². The molecule has 3 rings (SSSR count). The van der Waals surface area contributed by atoms with Crippen molar-refractivity contribution >= 4 is 11.3 Å². The Kier molecular flexibility index (Phi) is 4.00. The summed E-state index contributed by atoms with van der Waals surface area (Å²) < 4.78 is 0. The minimum absolute atomic E-state index is 0.814. The fraction of sp³-hybridized carbons (Fsp3) is 0.800. The second-order valence-electron chi connectivity index (χ2n) is 6.05. The van der Waals surface area contributed by atoms with Gasteiger partial charge in [0.15, 0.2) is 0 Å². The Balaban J connectivity index is 1.59. The van der Waals surface area contributed by atoms with E-state index in [0.29, 0.717) is 0 Å². The first-order chi connectivity index (χ1) is 8.81. The molecule has 1 aromatic rings. The lowest BCUT2D eigenvalue weighted by Crippen LogP contribution is -2.30. The van der Waals surface area contributed by atoms with E-state index in [4.69, 9.17) is 0 Å². The molecule has 0 aromatic carbocycles. The molecule has 1 atom stereocenters. The van der Waals surface area contributed by atoms with Crippen LogP contribution in [-0.4, -0.2) is 17.6 Å². The van der Waals surface area contributed by atoms with Crippen LogP contribution >= 0.6 is 11.3 Å². The van der Waals surface area contributed by atoms with Crippen LogP contribution in [0.4, 0.5) is 0 Å². The largest absolute Gasteiger partial charge is 0.314 e. The maximum Gasteiger partial charge on any atom is 0.0897 e. The second kappa shape index (κ2) is 5.70. The third-order valence-electron chi connectivity index (χ3n) is 4.45. The maximum absolute atomic E-state index is 4.66. The van der Waals surface area contributed by atoms with Crippen molar-refractivity contribution in [2.24, 2.45) is 11.8 Å². The SMILES string of the molecule is Cc1nc(CC(CNC2CC2)C2CCCC2)cs1. The molecule has 2 nitrogen and oxygen atoms in total. The smallest absolute Gasteiger partial charge is 0.0897 e. The number of rotatable bonds is 6. The molecule has 0 radical (unpaired) electrons. The molecule has 0 saturated heterocycles. The van der Waals surface area contributed by atoms with Crippen LogP contribution in [0.1, 0.15) is 49.2 Å². The van der Waals surface area contributed by atoms with Crippen molar-refractivity contribution in [2.45, 2.75) is 57.9 Å². The van der Waals surface area contributed by atoms with E-state index in [-0.39, 0.29) is 0 Å². The third kappa shape index (κ3) is 3.33. The van der Waals surface area contributed by atoms with Gasteiger partial charge in [-0.1, -0.05) is 25.7 Å². The Morgan fingerprint density at radius 1 is 1.33 bits per heavy atom. The van der Waals surface area contributed by atoms with Gasteiger partial charge >= 0.3 is 0 Å². The Morgan fingerprint density at radius 3 is 2.72 bits per heavy atom. The molecule has 2 aliphatic carbocycles. The molecular formula is C15H24N2S. The number of nitrogens with zero attached hydrogens (tertiary/aromatic N) is 1. The summed E-state index contributed by atoms with van der Waals surface area (Å²) in [4.78, 5) is 4.66. The molecule has 2 fully saturated rings. The lowest BCUT2D eigenvalue weighted by molar-refractivity contribution is 0.318. The van der Waals surface area contributed by atoms with Gasteiger partial charge in [0.2, 0.25) is 0 Å². The predicted octanol–water partition coefficient (Wildman–Crippen LogP) is 3.55. The van der Waals surface area contributed by atoms with E-state index in [9.17, 15) is 0 Å². The Hall–Kier alpha value is -0.410. The molecule has 1 unspecified atom stereocenters. The van der Waals surface area contributed by atoms with Crippen molar-refractivity contribution in [2.75, 3.05) is 6.54 Å². The van der Waals surface area contributed by atoms with Gasteiger partial charge in [0.1, 0.15) is 0 Å². The van der Waals surface area contributed by atoms with E-state index in [1.165, 1.54) is 62.2 Å². The molecule has 100 valence electrons. The van der Waals surface area contributed by atoms with Crippen LogP contribution in [-0.2, 0) is 6.42 Å². The Labute approximate surface area is 114 Å². The van der Waals surface area contributed by atoms with Gasteiger partial charge in [0, 0.05) is 11.4 Å². The van der Waals surface area contributed by atoms with E-state index >= 15 is 0 Å². The van der Waals surface area contributed by atoms with Crippen molar-refractivity contribution in [3.05, 3.63) is 16.1 Å². The first-order valence-electron chi connectivity index (χ1n) is 7.45. The topological polar surface area (TPSA) is 24.9 Å². The highest BCUT2D eigenvalue weighted by molar-refractivity contribution is 7.09. The number of aromatic nitrogens is 1. The lowest BCUT2D eigenvalue weighted by atomic mass is 9.87. The summed E-state index contributed by atoms with van der Waals surface area (Å²) in [6.45, 7) is 3.33. The molecule has 3 heteroatoms. The summed E-state index contributed by atoms with van der Waals surface area (Å²) in [5, 5.41) is 7.21. The van der Waals surface area contributed by atoms with Crippen molar-refractivity contribution in [3.63, 3.8) is 0 Å². The highest BCUT2D eigenvalue weighted by atomic mass is 32.1. The van der Waals surface area contributed by atoms with Crippen molar-refractivity contribution in [3.8, 4) is 0 Å². The molecule has 18 heavy (non-hydrogen) atoms. The summed E-state index contributed by atoms with van der Waals surface area (Å²) in [5.74, 6) is 1.76. The molecule has 1 heterocycles. The van der Waals surface area contributed by atoms with E-state index in [1.807, 2.05) is 0 Å². The predicted molar refractivity (Wildman–Crippen MR) is 77.0 cm³/mol. The first-order valence-corrected chi connectivity index (χ1v) is 8.33. The molecule has 2 saturated carbocycles. The Morgan fingerprint density at radius 2 is 2.11 bits per heavy atom. The summed E-state index contributed by atoms with van der Waals surface area (Å²) in [5.41, 5.74) is 1.33. The molecule has 0 aliphatic heterocycles. The minimum Gasteiger partial charge on any atom is -0.314 e. The van der Waals surface area contributed by atoms with Gasteiger partial charge in [0.25, 0.3) is 0 Å². The maximum atomic E-state index is 4.66. The monoisotopic (exact) mass is 264 g/mol. The number of hydrogen-bond acceptors (Lipinski definition) is 3. The normalized spacial score (nSPS) is 22.5. The van der Waals surface area contributed by atoms with Gasteiger partial charge in [-0.15, -0.1) is 11.3 Å². The fourth-order valence-corrected chi connectivity index (χ4v) is 3.84. The number of hydrogen-bond donors (Lipinski definition) is 1. The molecular weight excluding hydrogens is 240 g/mol. The van der Waals surface area contributed by atoms with Gasteiger partial charge in [-0.05, 0) is 44.6 Å². The van der Waals surface area contributed by atoms with Gasteiger partial charge in [-0.3, -0.25) is 0 Å². The molecule has 1 N–H and O–H groups in total. The number of aryl methyl sites for hydroxylation is 1. The van der Waals surface area contributed by atoms with Crippen molar-refractivity contribution < 1.29 is 0 Å². The minimum atomic E-state index is 0.814.